The van der Waals surface area contributed by atoms with E-state index in [0.29, 0.717) is 12.3 Å². The molecule has 108 valence electrons. The van der Waals surface area contributed by atoms with E-state index in [1.807, 2.05) is 16.8 Å². The van der Waals surface area contributed by atoms with Gasteiger partial charge in [-0.3, -0.25) is 4.79 Å². The summed E-state index contributed by atoms with van der Waals surface area (Å²) in [6.45, 7) is 8.19. The van der Waals surface area contributed by atoms with Crippen molar-refractivity contribution in [2.24, 2.45) is 0 Å². The zero-order chi connectivity index (χ0) is 14.8. The zero-order valence-corrected chi connectivity index (χ0v) is 14.6. The van der Waals surface area contributed by atoms with E-state index in [1.165, 1.54) is 0 Å². The molecule has 0 bridgehead atoms. The number of benzene rings is 1. The molecule has 6 heteroatoms. The van der Waals surface area contributed by atoms with Crippen LogP contribution in [0.15, 0.2) is 22.8 Å². The number of hydrogen-bond acceptors (Lipinski definition) is 3. The number of aromatic nitrogens is 2. The highest BCUT2D eigenvalue weighted by Crippen LogP contribution is 2.24. The number of ether oxygens (including phenoxy) is 1. The summed E-state index contributed by atoms with van der Waals surface area (Å²) >= 11 is 3.43. The van der Waals surface area contributed by atoms with Gasteiger partial charge in [0.25, 0.3) is 0 Å². The van der Waals surface area contributed by atoms with Crippen LogP contribution >= 0.6 is 15.9 Å². The maximum atomic E-state index is 10.8. The molecular weight excluding hydrogens is 336 g/mol. The summed E-state index contributed by atoms with van der Waals surface area (Å²) < 4.78 is 8.28. The Hall–Kier alpha value is -0.983. The molecule has 4 nitrogen and oxygen atoms in total. The summed E-state index contributed by atoms with van der Waals surface area (Å²) in [5, 5.41) is 5.34. The molecule has 0 radical (unpaired) electrons. The molecule has 1 heterocycles. The van der Waals surface area contributed by atoms with Crippen molar-refractivity contribution in [1.82, 2.24) is 9.78 Å². The minimum atomic E-state index is -1.06. The van der Waals surface area contributed by atoms with Gasteiger partial charge in [0.15, 0.2) is 0 Å². The molecule has 0 spiro atoms. The van der Waals surface area contributed by atoms with E-state index in [9.17, 15) is 4.79 Å². The quantitative estimate of drug-likeness (QED) is 0.448. The number of rotatable bonds is 6. The minimum Gasteiger partial charge on any atom is -0.360 e. The predicted octanol–water partition coefficient (Wildman–Crippen LogP) is 3.92. The van der Waals surface area contributed by atoms with Crippen LogP contribution in [0.4, 0.5) is 0 Å². The van der Waals surface area contributed by atoms with Crippen LogP contribution in [0, 0.1) is 0 Å². The SMILES string of the molecule is C[Si](C)(C)CCOCn1nc(Br)c2cc(C=O)ccc21. The van der Waals surface area contributed by atoms with E-state index in [4.69, 9.17) is 4.74 Å². The van der Waals surface area contributed by atoms with Gasteiger partial charge in [0, 0.05) is 25.6 Å². The van der Waals surface area contributed by atoms with Gasteiger partial charge in [-0.15, -0.1) is 0 Å². The molecule has 2 rings (SSSR count). The molecule has 1 aromatic carbocycles. The normalized spacial score (nSPS) is 12.0. The molecule has 0 aliphatic heterocycles. The fraction of sp³-hybridized carbons (Fsp3) is 0.429. The first-order valence-electron chi connectivity index (χ1n) is 6.60. The second kappa shape index (κ2) is 6.20. The molecule has 0 unspecified atom stereocenters. The van der Waals surface area contributed by atoms with Crippen molar-refractivity contribution in [2.45, 2.75) is 32.4 Å². The molecule has 0 fully saturated rings. The Morgan fingerprint density at radius 2 is 2.15 bits per heavy atom. The third kappa shape index (κ3) is 3.77. The fourth-order valence-corrected chi connectivity index (χ4v) is 3.12. The summed E-state index contributed by atoms with van der Waals surface area (Å²) in [5.74, 6) is 0. The molecule has 0 saturated heterocycles. The Labute approximate surface area is 128 Å². The second-order valence-corrected chi connectivity index (χ2v) is 12.4. The number of carbonyl (C=O) groups excluding carboxylic acids is 1. The van der Waals surface area contributed by atoms with Crippen molar-refractivity contribution in [2.75, 3.05) is 6.61 Å². The summed E-state index contributed by atoms with van der Waals surface area (Å²) in [6.07, 6.45) is 0.841. The number of fused-ring (bicyclic) bond motifs is 1. The highest BCUT2D eigenvalue weighted by molar-refractivity contribution is 9.10. The number of carbonyl (C=O) groups is 1. The van der Waals surface area contributed by atoms with Gasteiger partial charge < -0.3 is 4.74 Å². The molecule has 0 saturated carbocycles. The Morgan fingerprint density at radius 3 is 2.80 bits per heavy atom. The van der Waals surface area contributed by atoms with Gasteiger partial charge in [-0.25, -0.2) is 4.68 Å². The molecule has 0 N–H and O–H groups in total. The molecule has 2 aromatic rings. The Balaban J connectivity index is 2.09. The van der Waals surface area contributed by atoms with Crippen LogP contribution in [0.5, 0.6) is 0 Å². The number of hydrogen-bond donors (Lipinski definition) is 0. The van der Waals surface area contributed by atoms with Gasteiger partial charge in [0.1, 0.15) is 17.6 Å². The van der Waals surface area contributed by atoms with Crippen LogP contribution in [0.3, 0.4) is 0 Å². The van der Waals surface area contributed by atoms with Crippen LogP contribution in [0.25, 0.3) is 10.9 Å². The van der Waals surface area contributed by atoms with Crippen molar-refractivity contribution >= 4 is 41.2 Å². The van der Waals surface area contributed by atoms with E-state index in [1.54, 1.807) is 6.07 Å². The minimum absolute atomic E-state index is 0.438. The first kappa shape index (κ1) is 15.4. The maximum Gasteiger partial charge on any atom is 0.150 e. The van der Waals surface area contributed by atoms with E-state index in [2.05, 4.69) is 40.7 Å². The highest BCUT2D eigenvalue weighted by Gasteiger charge is 2.13. The fourth-order valence-electron chi connectivity index (χ4n) is 1.86. The first-order chi connectivity index (χ1) is 9.40. The van der Waals surface area contributed by atoms with E-state index in [0.717, 1.165) is 34.4 Å². The molecule has 1 aromatic heterocycles. The average Bonchev–Trinajstić information content (AvgIpc) is 2.70. The smallest absolute Gasteiger partial charge is 0.150 e. The molecule has 20 heavy (non-hydrogen) atoms. The van der Waals surface area contributed by atoms with Crippen molar-refractivity contribution in [3.63, 3.8) is 0 Å². The largest absolute Gasteiger partial charge is 0.360 e. The van der Waals surface area contributed by atoms with Crippen molar-refractivity contribution in [1.29, 1.82) is 0 Å². The van der Waals surface area contributed by atoms with Gasteiger partial charge in [0.2, 0.25) is 0 Å². The second-order valence-electron chi connectivity index (χ2n) is 6.03. The van der Waals surface area contributed by atoms with E-state index < -0.39 is 8.07 Å². The van der Waals surface area contributed by atoms with E-state index >= 15 is 0 Å². The van der Waals surface area contributed by atoms with Crippen LogP contribution in [-0.4, -0.2) is 30.7 Å². The van der Waals surface area contributed by atoms with Crippen molar-refractivity contribution in [3.8, 4) is 0 Å². The van der Waals surface area contributed by atoms with Crippen molar-refractivity contribution < 1.29 is 9.53 Å². The van der Waals surface area contributed by atoms with Crippen LogP contribution in [-0.2, 0) is 11.5 Å². The van der Waals surface area contributed by atoms with Crippen LogP contribution in [0.1, 0.15) is 10.4 Å². The van der Waals surface area contributed by atoms with Gasteiger partial charge in [0.05, 0.1) is 5.52 Å². The topological polar surface area (TPSA) is 44.1 Å². The third-order valence-corrected chi connectivity index (χ3v) is 5.37. The average molecular weight is 355 g/mol. The zero-order valence-electron chi connectivity index (χ0n) is 12.0. The predicted molar refractivity (Wildman–Crippen MR) is 86.9 cm³/mol. The first-order valence-corrected chi connectivity index (χ1v) is 11.1. The number of nitrogens with zero attached hydrogens (tertiary/aromatic N) is 2. The van der Waals surface area contributed by atoms with Gasteiger partial charge in [-0.05, 0) is 40.2 Å². The number of halogens is 1. The van der Waals surface area contributed by atoms with E-state index in [-0.39, 0.29) is 0 Å². The van der Waals surface area contributed by atoms with Gasteiger partial charge in [-0.2, -0.15) is 5.10 Å². The van der Waals surface area contributed by atoms with Gasteiger partial charge in [-0.1, -0.05) is 19.6 Å². The number of aldehydes is 1. The lowest BCUT2D eigenvalue weighted by Gasteiger charge is -2.15. The van der Waals surface area contributed by atoms with Crippen molar-refractivity contribution in [3.05, 3.63) is 28.4 Å². The lowest BCUT2D eigenvalue weighted by molar-refractivity contribution is 0.0814. The molecule has 0 aliphatic rings. The maximum absolute atomic E-state index is 10.8. The molecule has 0 atom stereocenters. The lowest BCUT2D eigenvalue weighted by atomic mass is 10.2. The third-order valence-electron chi connectivity index (χ3n) is 3.08. The highest BCUT2D eigenvalue weighted by atomic mass is 79.9. The molecular formula is C14H19BrN2O2Si. The Bertz CT molecular complexity index is 619. The Morgan fingerprint density at radius 1 is 1.40 bits per heavy atom. The molecule has 0 aliphatic carbocycles. The van der Waals surface area contributed by atoms with Gasteiger partial charge >= 0.3 is 0 Å². The van der Waals surface area contributed by atoms with Crippen LogP contribution < -0.4 is 0 Å². The Kier molecular flexibility index (Phi) is 4.77. The molecule has 0 amide bonds. The lowest BCUT2D eigenvalue weighted by Crippen LogP contribution is -2.22. The van der Waals surface area contributed by atoms with Crippen LogP contribution in [0.2, 0.25) is 25.7 Å². The standard InChI is InChI=1S/C14H19BrN2O2Si/c1-20(2,3)7-6-19-10-17-13-5-4-11(9-18)8-12(13)14(15)16-17/h4-5,8-9H,6-7,10H2,1-3H3. The summed E-state index contributed by atoms with van der Waals surface area (Å²) in [7, 11) is -1.06. The monoisotopic (exact) mass is 354 g/mol. The summed E-state index contributed by atoms with van der Waals surface area (Å²) in [4.78, 5) is 10.8. The summed E-state index contributed by atoms with van der Waals surface area (Å²) in [6, 6.07) is 6.67. The summed E-state index contributed by atoms with van der Waals surface area (Å²) in [5.41, 5.74) is 1.62.